The van der Waals surface area contributed by atoms with Gasteiger partial charge in [0.05, 0.1) is 11.6 Å². The van der Waals surface area contributed by atoms with Gasteiger partial charge in [-0.25, -0.2) is 0 Å². The van der Waals surface area contributed by atoms with Gasteiger partial charge in [-0.2, -0.15) is 5.26 Å². The summed E-state index contributed by atoms with van der Waals surface area (Å²) in [7, 11) is 2.22. The number of rotatable bonds is 3. The average molecular weight is 255 g/mol. The number of hydrogen-bond acceptors (Lipinski definition) is 3. The maximum absolute atomic E-state index is 8.95. The number of piperidine rings is 1. The molecule has 2 saturated heterocycles. The second kappa shape index (κ2) is 5.32. The first-order chi connectivity index (χ1) is 9.24. The topological polar surface area (TPSA) is 39.1 Å². The molecule has 0 radical (unpaired) electrons. The fraction of sp³-hybridized carbons (Fsp3) is 0.562. The molecule has 2 atom stereocenters. The summed E-state index contributed by atoms with van der Waals surface area (Å²) in [5, 5.41) is 12.6. The normalized spacial score (nSPS) is 29.4. The Morgan fingerprint density at radius 2 is 2.05 bits per heavy atom. The molecule has 3 heteroatoms. The highest BCUT2D eigenvalue weighted by atomic mass is 15.2. The predicted octanol–water partition coefficient (Wildman–Crippen LogP) is 2.27. The van der Waals surface area contributed by atoms with Gasteiger partial charge in [-0.3, -0.25) is 4.90 Å². The highest BCUT2D eigenvalue weighted by Gasteiger charge is 2.34. The molecule has 2 unspecified atom stereocenters. The third kappa shape index (κ3) is 2.80. The molecule has 3 nitrogen and oxygen atoms in total. The fourth-order valence-electron chi connectivity index (χ4n) is 3.54. The summed E-state index contributed by atoms with van der Waals surface area (Å²) in [6, 6.07) is 12.3. The van der Waals surface area contributed by atoms with E-state index in [0.29, 0.717) is 6.04 Å². The summed E-state index contributed by atoms with van der Waals surface area (Å²) < 4.78 is 0. The molecule has 0 aliphatic carbocycles. The number of nitrogens with one attached hydrogen (secondary N) is 1. The third-order valence-corrected chi connectivity index (χ3v) is 4.56. The van der Waals surface area contributed by atoms with Gasteiger partial charge >= 0.3 is 0 Å². The summed E-state index contributed by atoms with van der Waals surface area (Å²) in [6.07, 6.45) is 5.23. The van der Waals surface area contributed by atoms with Crippen LogP contribution in [-0.4, -0.2) is 30.1 Å². The van der Waals surface area contributed by atoms with Crippen molar-refractivity contribution in [3.8, 4) is 6.07 Å². The zero-order valence-electron chi connectivity index (χ0n) is 11.5. The minimum absolute atomic E-state index is 0.685. The van der Waals surface area contributed by atoms with E-state index >= 15 is 0 Å². The summed E-state index contributed by atoms with van der Waals surface area (Å²) in [4.78, 5) is 2.46. The van der Waals surface area contributed by atoms with Crippen molar-refractivity contribution >= 4 is 0 Å². The number of nitrogens with zero attached hydrogens (tertiary/aromatic N) is 2. The van der Waals surface area contributed by atoms with E-state index in [1.807, 2.05) is 18.2 Å². The van der Waals surface area contributed by atoms with Crippen LogP contribution in [0.15, 0.2) is 24.3 Å². The van der Waals surface area contributed by atoms with E-state index in [2.05, 4.69) is 29.4 Å². The lowest BCUT2D eigenvalue weighted by molar-refractivity contribution is 0.166. The molecular formula is C16H21N3. The smallest absolute Gasteiger partial charge is 0.0991 e. The number of benzene rings is 1. The minimum Gasteiger partial charge on any atom is -0.311 e. The van der Waals surface area contributed by atoms with Gasteiger partial charge in [0.2, 0.25) is 0 Å². The Kier molecular flexibility index (Phi) is 3.54. The lowest BCUT2D eigenvalue weighted by Crippen LogP contribution is -2.46. The molecule has 2 bridgehead atoms. The van der Waals surface area contributed by atoms with Gasteiger partial charge in [0, 0.05) is 24.7 Å². The molecule has 3 rings (SSSR count). The van der Waals surface area contributed by atoms with E-state index in [1.165, 1.54) is 31.2 Å². The molecule has 0 saturated carbocycles. The van der Waals surface area contributed by atoms with Crippen molar-refractivity contribution in [1.82, 2.24) is 10.2 Å². The third-order valence-electron chi connectivity index (χ3n) is 4.56. The van der Waals surface area contributed by atoms with Crippen molar-refractivity contribution in [3.05, 3.63) is 35.4 Å². The van der Waals surface area contributed by atoms with Crippen LogP contribution in [0.2, 0.25) is 0 Å². The van der Waals surface area contributed by atoms with Gasteiger partial charge in [0.15, 0.2) is 0 Å². The zero-order chi connectivity index (χ0) is 13.2. The van der Waals surface area contributed by atoms with Crippen LogP contribution in [0.1, 0.15) is 36.8 Å². The molecule has 19 heavy (non-hydrogen) atoms. The highest BCUT2D eigenvalue weighted by Crippen LogP contribution is 2.29. The Labute approximate surface area is 115 Å². The minimum atomic E-state index is 0.685. The molecule has 0 spiro atoms. The summed E-state index contributed by atoms with van der Waals surface area (Å²) >= 11 is 0. The maximum Gasteiger partial charge on any atom is 0.0991 e. The maximum atomic E-state index is 8.95. The van der Waals surface area contributed by atoms with E-state index in [0.717, 1.165) is 24.2 Å². The molecule has 100 valence electrons. The van der Waals surface area contributed by atoms with Crippen LogP contribution in [0.3, 0.4) is 0 Å². The van der Waals surface area contributed by atoms with Gasteiger partial charge in [-0.15, -0.1) is 0 Å². The van der Waals surface area contributed by atoms with Crippen LogP contribution in [0.25, 0.3) is 0 Å². The second-order valence-electron chi connectivity index (χ2n) is 5.99. The van der Waals surface area contributed by atoms with E-state index in [1.54, 1.807) is 0 Å². The largest absolute Gasteiger partial charge is 0.311 e. The van der Waals surface area contributed by atoms with Crippen LogP contribution >= 0.6 is 0 Å². The molecule has 2 heterocycles. The van der Waals surface area contributed by atoms with Gasteiger partial charge in [-0.1, -0.05) is 12.1 Å². The highest BCUT2D eigenvalue weighted by molar-refractivity contribution is 5.32. The summed E-state index contributed by atoms with van der Waals surface area (Å²) in [5.41, 5.74) is 2.00. The standard InChI is InChI=1S/C16H21N3/c1-19(11-13-4-2-3-12(7-13)10-17)16-8-14-5-6-15(9-16)18-14/h2-4,7,14-16,18H,5-6,8-9,11H2,1H3. The molecule has 2 fully saturated rings. The molecule has 1 aromatic rings. The van der Waals surface area contributed by atoms with Crippen molar-refractivity contribution in [2.45, 2.75) is 50.4 Å². The van der Waals surface area contributed by atoms with E-state index in [9.17, 15) is 0 Å². The van der Waals surface area contributed by atoms with E-state index < -0.39 is 0 Å². The van der Waals surface area contributed by atoms with Crippen molar-refractivity contribution in [2.24, 2.45) is 0 Å². The Hall–Kier alpha value is -1.37. The molecule has 2 aliphatic rings. The van der Waals surface area contributed by atoms with Crippen LogP contribution in [0, 0.1) is 11.3 Å². The Morgan fingerprint density at radius 1 is 1.32 bits per heavy atom. The van der Waals surface area contributed by atoms with Crippen LogP contribution in [-0.2, 0) is 6.54 Å². The van der Waals surface area contributed by atoms with Gasteiger partial charge in [-0.05, 0) is 50.4 Å². The predicted molar refractivity (Wildman–Crippen MR) is 75.6 cm³/mol. The fourth-order valence-corrected chi connectivity index (χ4v) is 3.54. The van der Waals surface area contributed by atoms with Crippen LogP contribution in [0.4, 0.5) is 0 Å². The van der Waals surface area contributed by atoms with Crippen LogP contribution < -0.4 is 5.32 Å². The van der Waals surface area contributed by atoms with Crippen molar-refractivity contribution in [3.63, 3.8) is 0 Å². The zero-order valence-corrected chi connectivity index (χ0v) is 11.5. The molecule has 0 aromatic heterocycles. The van der Waals surface area contributed by atoms with Crippen molar-refractivity contribution in [2.75, 3.05) is 7.05 Å². The Morgan fingerprint density at radius 3 is 2.74 bits per heavy atom. The molecule has 2 aliphatic heterocycles. The first-order valence-corrected chi connectivity index (χ1v) is 7.20. The number of fused-ring (bicyclic) bond motifs is 2. The first kappa shape index (κ1) is 12.7. The monoisotopic (exact) mass is 255 g/mol. The van der Waals surface area contributed by atoms with Gasteiger partial charge < -0.3 is 5.32 Å². The van der Waals surface area contributed by atoms with Crippen LogP contribution in [0.5, 0.6) is 0 Å². The van der Waals surface area contributed by atoms with E-state index in [-0.39, 0.29) is 0 Å². The average Bonchev–Trinajstić information content (AvgIpc) is 2.77. The lowest BCUT2D eigenvalue weighted by Gasteiger charge is -2.35. The summed E-state index contributed by atoms with van der Waals surface area (Å²) in [6.45, 7) is 0.944. The SMILES string of the molecule is CN(Cc1cccc(C#N)c1)C1CC2CCC(C1)N2. The van der Waals surface area contributed by atoms with E-state index in [4.69, 9.17) is 5.26 Å². The quantitative estimate of drug-likeness (QED) is 0.900. The Balaban J connectivity index is 1.64. The molecule has 0 amide bonds. The summed E-state index contributed by atoms with van der Waals surface area (Å²) in [5.74, 6) is 0. The molecular weight excluding hydrogens is 234 g/mol. The van der Waals surface area contributed by atoms with Gasteiger partial charge in [0.25, 0.3) is 0 Å². The first-order valence-electron chi connectivity index (χ1n) is 7.20. The van der Waals surface area contributed by atoms with Crippen molar-refractivity contribution < 1.29 is 0 Å². The number of nitriles is 1. The van der Waals surface area contributed by atoms with Gasteiger partial charge in [0.1, 0.15) is 0 Å². The lowest BCUT2D eigenvalue weighted by atomic mass is 9.98. The molecule has 1 aromatic carbocycles. The number of hydrogen-bond donors (Lipinski definition) is 1. The molecule has 1 N–H and O–H groups in total. The Bertz CT molecular complexity index is 479. The second-order valence-corrected chi connectivity index (χ2v) is 5.99. The van der Waals surface area contributed by atoms with Crippen molar-refractivity contribution in [1.29, 1.82) is 5.26 Å².